The van der Waals surface area contributed by atoms with E-state index >= 15 is 0 Å². The minimum atomic E-state index is -0.227. The summed E-state index contributed by atoms with van der Waals surface area (Å²) in [6.07, 6.45) is 0. The van der Waals surface area contributed by atoms with E-state index in [1.54, 1.807) is 30.3 Å². The lowest BCUT2D eigenvalue weighted by atomic mass is 10.2. The lowest BCUT2D eigenvalue weighted by Gasteiger charge is -2.09. The number of hydrogen-bond acceptors (Lipinski definition) is 2. The number of nitriles is 1. The van der Waals surface area contributed by atoms with Crippen LogP contribution in [0.4, 0.5) is 5.69 Å². The summed E-state index contributed by atoms with van der Waals surface area (Å²) in [5, 5.41) is 11.6. The summed E-state index contributed by atoms with van der Waals surface area (Å²) in [6.45, 7) is 0. The van der Waals surface area contributed by atoms with Crippen molar-refractivity contribution < 1.29 is 4.79 Å². The molecule has 0 unspecified atom stereocenters. The Morgan fingerprint density at radius 1 is 1.05 bits per heavy atom. The molecule has 0 spiro atoms. The second-order valence-electron chi connectivity index (χ2n) is 3.88. The number of amides is 1. The summed E-state index contributed by atoms with van der Waals surface area (Å²) in [4.78, 5) is 12.2. The monoisotopic (exact) mass is 456 g/mol. The number of nitrogens with zero attached hydrogens (tertiary/aromatic N) is 1. The highest BCUT2D eigenvalue weighted by molar-refractivity contribution is 9.11. The number of rotatable bonds is 2. The van der Waals surface area contributed by atoms with Crippen LogP contribution in [0.15, 0.2) is 49.8 Å². The normalized spacial score (nSPS) is 9.90. The molecule has 0 aromatic heterocycles. The van der Waals surface area contributed by atoms with Gasteiger partial charge in [-0.3, -0.25) is 4.79 Å². The van der Waals surface area contributed by atoms with Crippen molar-refractivity contribution in [2.75, 3.05) is 5.32 Å². The summed E-state index contributed by atoms with van der Waals surface area (Å²) in [6, 6.07) is 12.4. The molecule has 0 saturated heterocycles. The van der Waals surface area contributed by atoms with Crippen LogP contribution in [-0.2, 0) is 0 Å². The minimum Gasteiger partial charge on any atom is -0.321 e. The first-order valence-electron chi connectivity index (χ1n) is 5.47. The lowest BCUT2D eigenvalue weighted by Crippen LogP contribution is -2.13. The molecule has 2 aromatic carbocycles. The third-order valence-electron chi connectivity index (χ3n) is 2.52. The molecule has 100 valence electrons. The van der Waals surface area contributed by atoms with Crippen LogP contribution >= 0.6 is 47.8 Å². The van der Waals surface area contributed by atoms with Gasteiger partial charge in [0, 0.05) is 13.4 Å². The Bertz CT molecular complexity index is 723. The molecule has 1 N–H and O–H groups in total. The van der Waals surface area contributed by atoms with Crippen LogP contribution in [0.5, 0.6) is 0 Å². The Hall–Kier alpha value is -1.16. The molecule has 0 aliphatic carbocycles. The topological polar surface area (TPSA) is 52.9 Å². The maximum Gasteiger partial charge on any atom is 0.256 e. The molecule has 0 radical (unpaired) electrons. The van der Waals surface area contributed by atoms with Gasteiger partial charge >= 0.3 is 0 Å². The summed E-state index contributed by atoms with van der Waals surface area (Å²) in [5.41, 5.74) is 1.67. The Morgan fingerprint density at radius 3 is 2.40 bits per heavy atom. The SMILES string of the molecule is N#Cc1ccc(NC(=O)c2ccc(Br)cc2Br)c(Br)c1. The Kier molecular flexibility index (Phi) is 4.97. The molecule has 3 nitrogen and oxygen atoms in total. The third kappa shape index (κ3) is 3.48. The van der Waals surface area contributed by atoms with E-state index in [1.165, 1.54) is 0 Å². The fraction of sp³-hybridized carbons (Fsp3) is 0. The van der Waals surface area contributed by atoms with Gasteiger partial charge in [-0.05, 0) is 68.3 Å². The first kappa shape index (κ1) is 15.2. The smallest absolute Gasteiger partial charge is 0.256 e. The van der Waals surface area contributed by atoms with Crippen LogP contribution in [0.1, 0.15) is 15.9 Å². The van der Waals surface area contributed by atoms with Crippen LogP contribution in [0.25, 0.3) is 0 Å². The second-order valence-corrected chi connectivity index (χ2v) is 6.51. The largest absolute Gasteiger partial charge is 0.321 e. The zero-order valence-corrected chi connectivity index (χ0v) is 14.7. The molecule has 2 aromatic rings. The molecular formula is C14H7Br3N2O. The number of carbonyl (C=O) groups is 1. The van der Waals surface area contributed by atoms with Gasteiger partial charge in [-0.1, -0.05) is 15.9 Å². The van der Waals surface area contributed by atoms with Crippen molar-refractivity contribution in [1.82, 2.24) is 0 Å². The van der Waals surface area contributed by atoms with E-state index in [-0.39, 0.29) is 5.91 Å². The van der Waals surface area contributed by atoms with Gasteiger partial charge in [0.05, 0.1) is 22.9 Å². The maximum atomic E-state index is 12.2. The average molecular weight is 459 g/mol. The predicted molar refractivity (Wildman–Crippen MR) is 88.7 cm³/mol. The number of hydrogen-bond donors (Lipinski definition) is 1. The molecular weight excluding hydrogens is 452 g/mol. The molecule has 0 aliphatic heterocycles. The fourth-order valence-corrected chi connectivity index (χ4v) is 3.25. The van der Waals surface area contributed by atoms with Crippen molar-refractivity contribution in [2.45, 2.75) is 0 Å². The van der Waals surface area contributed by atoms with Crippen molar-refractivity contribution in [3.05, 3.63) is 60.9 Å². The van der Waals surface area contributed by atoms with E-state index in [1.807, 2.05) is 12.1 Å². The van der Waals surface area contributed by atoms with Crippen LogP contribution < -0.4 is 5.32 Å². The first-order valence-corrected chi connectivity index (χ1v) is 7.85. The highest BCUT2D eigenvalue weighted by Gasteiger charge is 2.12. The molecule has 0 aliphatic rings. The molecule has 1 amide bonds. The zero-order valence-electron chi connectivity index (χ0n) is 9.95. The average Bonchev–Trinajstić information content (AvgIpc) is 2.40. The van der Waals surface area contributed by atoms with Crippen LogP contribution in [0.2, 0.25) is 0 Å². The predicted octanol–water partition coefficient (Wildman–Crippen LogP) is 5.10. The second kappa shape index (κ2) is 6.53. The van der Waals surface area contributed by atoms with Gasteiger partial charge in [-0.2, -0.15) is 5.26 Å². The van der Waals surface area contributed by atoms with Crippen molar-refractivity contribution >= 4 is 59.4 Å². The van der Waals surface area contributed by atoms with Gasteiger partial charge in [0.2, 0.25) is 0 Å². The fourth-order valence-electron chi connectivity index (χ4n) is 1.55. The molecule has 0 saturated carbocycles. The van der Waals surface area contributed by atoms with Gasteiger partial charge in [-0.15, -0.1) is 0 Å². The van der Waals surface area contributed by atoms with Crippen molar-refractivity contribution in [3.8, 4) is 6.07 Å². The van der Waals surface area contributed by atoms with Crippen molar-refractivity contribution in [1.29, 1.82) is 5.26 Å². The minimum absolute atomic E-state index is 0.227. The molecule has 20 heavy (non-hydrogen) atoms. The van der Waals surface area contributed by atoms with Gasteiger partial charge in [0.1, 0.15) is 0 Å². The van der Waals surface area contributed by atoms with Crippen molar-refractivity contribution in [3.63, 3.8) is 0 Å². The molecule has 0 fully saturated rings. The number of halogens is 3. The van der Waals surface area contributed by atoms with Crippen molar-refractivity contribution in [2.24, 2.45) is 0 Å². The summed E-state index contributed by atoms with van der Waals surface area (Å²) < 4.78 is 2.26. The van der Waals surface area contributed by atoms with E-state index in [0.717, 1.165) is 4.47 Å². The van der Waals surface area contributed by atoms with E-state index in [0.29, 0.717) is 25.8 Å². The standard InChI is InChI=1S/C14H7Br3N2O/c15-9-2-3-10(11(16)6-9)14(20)19-13-4-1-8(7-18)5-12(13)17/h1-6H,(H,19,20). The van der Waals surface area contributed by atoms with E-state index in [2.05, 4.69) is 53.1 Å². The third-order valence-corrected chi connectivity index (χ3v) is 4.33. The highest BCUT2D eigenvalue weighted by Crippen LogP contribution is 2.26. The highest BCUT2D eigenvalue weighted by atomic mass is 79.9. The summed E-state index contributed by atoms with van der Waals surface area (Å²) in [7, 11) is 0. The van der Waals surface area contributed by atoms with E-state index in [9.17, 15) is 4.79 Å². The Balaban J connectivity index is 2.26. The Labute approximate surface area is 141 Å². The zero-order chi connectivity index (χ0) is 14.7. The first-order chi connectivity index (χ1) is 9.51. The number of benzene rings is 2. The lowest BCUT2D eigenvalue weighted by molar-refractivity contribution is 0.102. The van der Waals surface area contributed by atoms with E-state index < -0.39 is 0 Å². The van der Waals surface area contributed by atoms with E-state index in [4.69, 9.17) is 5.26 Å². The maximum absolute atomic E-state index is 12.2. The quantitative estimate of drug-likeness (QED) is 0.680. The number of nitrogens with one attached hydrogen (secondary N) is 1. The molecule has 0 bridgehead atoms. The van der Waals surface area contributed by atoms with Crippen LogP contribution in [-0.4, -0.2) is 5.91 Å². The van der Waals surface area contributed by atoms with Gasteiger partial charge in [0.25, 0.3) is 5.91 Å². The van der Waals surface area contributed by atoms with Gasteiger partial charge in [-0.25, -0.2) is 0 Å². The van der Waals surface area contributed by atoms with Crippen LogP contribution in [0.3, 0.4) is 0 Å². The molecule has 0 atom stereocenters. The molecule has 6 heteroatoms. The number of anilines is 1. The number of carbonyl (C=O) groups excluding carboxylic acids is 1. The summed E-state index contributed by atoms with van der Waals surface area (Å²) >= 11 is 10.0. The summed E-state index contributed by atoms with van der Waals surface area (Å²) in [5.74, 6) is -0.227. The van der Waals surface area contributed by atoms with Gasteiger partial charge < -0.3 is 5.32 Å². The molecule has 0 heterocycles. The molecule has 2 rings (SSSR count). The Morgan fingerprint density at radius 2 is 1.80 bits per heavy atom. The van der Waals surface area contributed by atoms with Crippen LogP contribution in [0, 0.1) is 11.3 Å². The van der Waals surface area contributed by atoms with Gasteiger partial charge in [0.15, 0.2) is 0 Å².